The van der Waals surface area contributed by atoms with E-state index in [9.17, 15) is 4.79 Å². The van der Waals surface area contributed by atoms with Crippen LogP contribution in [0.1, 0.15) is 18.9 Å². The van der Waals surface area contributed by atoms with Crippen molar-refractivity contribution in [3.05, 3.63) is 29.8 Å². The number of rotatable bonds is 4. The van der Waals surface area contributed by atoms with Crippen LogP contribution in [0, 0.1) is 5.92 Å². The van der Waals surface area contributed by atoms with E-state index in [1.807, 2.05) is 19.1 Å². The van der Waals surface area contributed by atoms with Gasteiger partial charge in [0.1, 0.15) is 12.0 Å². The van der Waals surface area contributed by atoms with E-state index in [0.29, 0.717) is 0 Å². The van der Waals surface area contributed by atoms with Crippen molar-refractivity contribution >= 4 is 6.29 Å². The molecular weight excluding hydrogens is 164 g/mol. The Morgan fingerprint density at radius 1 is 1.54 bits per heavy atom. The van der Waals surface area contributed by atoms with E-state index in [1.54, 1.807) is 12.1 Å². The largest absolute Gasteiger partial charge is 0.508 e. The zero-order valence-corrected chi connectivity index (χ0v) is 7.73. The van der Waals surface area contributed by atoms with Crippen LogP contribution < -0.4 is 0 Å². The third kappa shape index (κ3) is 3.28. The first-order valence-corrected chi connectivity index (χ1v) is 4.45. The number of hydrogen-bond acceptors (Lipinski definition) is 2. The molecule has 0 aromatic heterocycles. The fourth-order valence-electron chi connectivity index (χ4n) is 1.17. The molecular formula is C11H14O2. The number of carbonyl (C=O) groups excluding carboxylic acids is 1. The Labute approximate surface area is 78.2 Å². The van der Waals surface area contributed by atoms with E-state index in [1.165, 1.54) is 0 Å². The lowest BCUT2D eigenvalue weighted by Crippen LogP contribution is -1.97. The Balaban J connectivity index is 2.49. The Kier molecular flexibility index (Phi) is 3.50. The SMILES string of the molecule is C[C@H](C=O)CCc1cccc(O)c1. The Bertz CT molecular complexity index is 281. The average molecular weight is 178 g/mol. The van der Waals surface area contributed by atoms with Crippen LogP contribution in [-0.4, -0.2) is 11.4 Å². The monoisotopic (exact) mass is 178 g/mol. The summed E-state index contributed by atoms with van der Waals surface area (Å²) in [4.78, 5) is 10.3. The molecule has 0 unspecified atom stereocenters. The summed E-state index contributed by atoms with van der Waals surface area (Å²) in [5.74, 6) is 0.388. The number of phenols is 1. The highest BCUT2D eigenvalue weighted by molar-refractivity contribution is 5.52. The zero-order chi connectivity index (χ0) is 9.68. The molecule has 0 amide bonds. The van der Waals surface area contributed by atoms with E-state index in [2.05, 4.69) is 0 Å². The van der Waals surface area contributed by atoms with E-state index in [-0.39, 0.29) is 11.7 Å². The fraction of sp³-hybridized carbons (Fsp3) is 0.364. The highest BCUT2D eigenvalue weighted by Crippen LogP contribution is 2.14. The van der Waals surface area contributed by atoms with Gasteiger partial charge in [-0.15, -0.1) is 0 Å². The molecule has 1 aromatic carbocycles. The first-order chi connectivity index (χ1) is 6.22. The number of benzene rings is 1. The third-order valence-corrected chi connectivity index (χ3v) is 2.03. The molecule has 0 heterocycles. The third-order valence-electron chi connectivity index (χ3n) is 2.03. The zero-order valence-electron chi connectivity index (χ0n) is 7.73. The highest BCUT2D eigenvalue weighted by atomic mass is 16.3. The number of phenolic OH excluding ortho intramolecular Hbond substituents is 1. The first-order valence-electron chi connectivity index (χ1n) is 4.45. The summed E-state index contributed by atoms with van der Waals surface area (Å²) in [5, 5.41) is 9.17. The molecule has 0 aliphatic heterocycles. The molecule has 70 valence electrons. The Morgan fingerprint density at radius 3 is 2.92 bits per heavy atom. The molecule has 0 saturated carbocycles. The van der Waals surface area contributed by atoms with Gasteiger partial charge >= 0.3 is 0 Å². The number of aryl methyl sites for hydroxylation is 1. The number of hydrogen-bond donors (Lipinski definition) is 1. The molecule has 13 heavy (non-hydrogen) atoms. The maximum absolute atomic E-state index is 10.3. The van der Waals surface area contributed by atoms with Crippen LogP contribution in [0.15, 0.2) is 24.3 Å². The van der Waals surface area contributed by atoms with Crippen LogP contribution in [0.4, 0.5) is 0 Å². The Morgan fingerprint density at radius 2 is 2.31 bits per heavy atom. The quantitative estimate of drug-likeness (QED) is 0.717. The molecule has 0 spiro atoms. The van der Waals surface area contributed by atoms with E-state index in [4.69, 9.17) is 5.11 Å². The summed E-state index contributed by atoms with van der Waals surface area (Å²) in [6.45, 7) is 1.90. The molecule has 1 aromatic rings. The van der Waals surface area contributed by atoms with Gasteiger partial charge in [0.05, 0.1) is 0 Å². The lowest BCUT2D eigenvalue weighted by molar-refractivity contribution is -0.110. The summed E-state index contributed by atoms with van der Waals surface area (Å²) in [5.41, 5.74) is 1.08. The molecule has 0 aliphatic rings. The molecule has 0 radical (unpaired) electrons. The average Bonchev–Trinajstić information content (AvgIpc) is 2.14. The van der Waals surface area contributed by atoms with Crippen LogP contribution in [0.2, 0.25) is 0 Å². The van der Waals surface area contributed by atoms with Crippen molar-refractivity contribution in [2.45, 2.75) is 19.8 Å². The maximum atomic E-state index is 10.3. The molecule has 2 heteroatoms. The van der Waals surface area contributed by atoms with Crippen LogP contribution in [0.3, 0.4) is 0 Å². The van der Waals surface area contributed by atoms with Crippen molar-refractivity contribution in [2.75, 3.05) is 0 Å². The summed E-state index contributed by atoms with van der Waals surface area (Å²) in [7, 11) is 0. The van der Waals surface area contributed by atoms with Gasteiger partial charge in [-0.3, -0.25) is 0 Å². The van der Waals surface area contributed by atoms with Crippen molar-refractivity contribution in [1.82, 2.24) is 0 Å². The van der Waals surface area contributed by atoms with E-state index < -0.39 is 0 Å². The van der Waals surface area contributed by atoms with E-state index in [0.717, 1.165) is 24.7 Å². The maximum Gasteiger partial charge on any atom is 0.122 e. The van der Waals surface area contributed by atoms with Crippen LogP contribution in [0.25, 0.3) is 0 Å². The number of aldehydes is 1. The second kappa shape index (κ2) is 4.65. The van der Waals surface area contributed by atoms with Crippen molar-refractivity contribution < 1.29 is 9.90 Å². The smallest absolute Gasteiger partial charge is 0.122 e. The summed E-state index contributed by atoms with van der Waals surface area (Å²) >= 11 is 0. The lowest BCUT2D eigenvalue weighted by atomic mass is 10.0. The van der Waals surface area contributed by atoms with Gasteiger partial charge in [-0.2, -0.15) is 0 Å². The Hall–Kier alpha value is -1.31. The molecule has 1 atom stereocenters. The second-order valence-corrected chi connectivity index (χ2v) is 3.32. The van der Waals surface area contributed by atoms with Gasteiger partial charge in [0.25, 0.3) is 0 Å². The first kappa shape index (κ1) is 9.78. The summed E-state index contributed by atoms with van der Waals surface area (Å²) in [6, 6.07) is 7.15. The minimum absolute atomic E-state index is 0.0994. The van der Waals surface area contributed by atoms with Gasteiger partial charge in [0, 0.05) is 5.92 Å². The summed E-state index contributed by atoms with van der Waals surface area (Å²) < 4.78 is 0. The van der Waals surface area contributed by atoms with Crippen LogP contribution in [0.5, 0.6) is 5.75 Å². The number of aromatic hydroxyl groups is 1. The molecule has 0 aliphatic carbocycles. The van der Waals surface area contributed by atoms with Gasteiger partial charge < -0.3 is 9.90 Å². The predicted molar refractivity (Wildman–Crippen MR) is 51.7 cm³/mol. The van der Waals surface area contributed by atoms with Crippen molar-refractivity contribution in [3.63, 3.8) is 0 Å². The summed E-state index contributed by atoms with van der Waals surface area (Å²) in [6.07, 6.45) is 2.64. The molecule has 0 fully saturated rings. The topological polar surface area (TPSA) is 37.3 Å². The van der Waals surface area contributed by atoms with Crippen molar-refractivity contribution in [1.29, 1.82) is 0 Å². The molecule has 2 nitrogen and oxygen atoms in total. The standard InChI is InChI=1S/C11H14O2/c1-9(8-12)5-6-10-3-2-4-11(13)7-10/h2-4,7-9,13H,5-6H2,1H3/t9-/m0/s1. The van der Waals surface area contributed by atoms with Gasteiger partial charge in [-0.1, -0.05) is 19.1 Å². The molecule has 1 N–H and O–H groups in total. The second-order valence-electron chi connectivity index (χ2n) is 3.32. The van der Waals surface area contributed by atoms with Gasteiger partial charge in [-0.05, 0) is 30.5 Å². The number of carbonyl (C=O) groups is 1. The molecule has 1 rings (SSSR count). The van der Waals surface area contributed by atoms with Gasteiger partial charge in [0.15, 0.2) is 0 Å². The molecule has 0 bridgehead atoms. The van der Waals surface area contributed by atoms with E-state index >= 15 is 0 Å². The lowest BCUT2D eigenvalue weighted by Gasteiger charge is -2.03. The van der Waals surface area contributed by atoms with Crippen LogP contribution in [-0.2, 0) is 11.2 Å². The minimum atomic E-state index is 0.0994. The van der Waals surface area contributed by atoms with Crippen LogP contribution >= 0.6 is 0 Å². The van der Waals surface area contributed by atoms with Crippen molar-refractivity contribution in [3.8, 4) is 5.75 Å². The molecule has 0 saturated heterocycles. The van der Waals surface area contributed by atoms with Crippen molar-refractivity contribution in [2.24, 2.45) is 5.92 Å². The van der Waals surface area contributed by atoms with Gasteiger partial charge in [0.2, 0.25) is 0 Å². The highest BCUT2D eigenvalue weighted by Gasteiger charge is 2.00. The van der Waals surface area contributed by atoms with Gasteiger partial charge in [-0.25, -0.2) is 0 Å². The normalized spacial score (nSPS) is 12.4. The minimum Gasteiger partial charge on any atom is -0.508 e. The predicted octanol–water partition coefficient (Wildman–Crippen LogP) is 2.16. The fourth-order valence-corrected chi connectivity index (χ4v) is 1.17.